The molecule has 0 spiro atoms. The van der Waals surface area contributed by atoms with E-state index in [1.165, 1.54) is 4.68 Å². The average Bonchev–Trinajstić information content (AvgIpc) is 3.22. The summed E-state index contributed by atoms with van der Waals surface area (Å²) in [6.07, 6.45) is 1.54. The Balaban J connectivity index is 1.71. The van der Waals surface area contributed by atoms with Gasteiger partial charge in [0.2, 0.25) is 5.82 Å². The third kappa shape index (κ3) is 3.48. The van der Waals surface area contributed by atoms with Crippen molar-refractivity contribution in [1.29, 1.82) is 5.26 Å². The number of nitrogens with zero attached hydrogens (tertiary/aromatic N) is 4. The summed E-state index contributed by atoms with van der Waals surface area (Å²) in [5.41, 5.74) is 2.14. The summed E-state index contributed by atoms with van der Waals surface area (Å²) >= 11 is 6.09. The molecule has 31 heavy (non-hydrogen) atoms. The van der Waals surface area contributed by atoms with Crippen LogP contribution >= 0.6 is 11.6 Å². The first-order valence-corrected chi connectivity index (χ1v) is 9.76. The number of halogens is 1. The normalized spacial score (nSPS) is 11.4. The first-order chi connectivity index (χ1) is 15.1. The van der Waals surface area contributed by atoms with Crippen molar-refractivity contribution in [2.45, 2.75) is 0 Å². The molecule has 0 fully saturated rings. The molecule has 148 valence electrons. The summed E-state index contributed by atoms with van der Waals surface area (Å²) in [6.45, 7) is 0. The molecule has 0 aliphatic carbocycles. The third-order valence-electron chi connectivity index (χ3n) is 4.81. The van der Waals surface area contributed by atoms with Crippen LogP contribution in [0.3, 0.4) is 0 Å². The molecule has 0 amide bonds. The highest BCUT2D eigenvalue weighted by molar-refractivity contribution is 6.31. The van der Waals surface area contributed by atoms with Crippen LogP contribution < -0.4 is 5.56 Å². The molecule has 3 aromatic carbocycles. The molecule has 6 nitrogen and oxygen atoms in total. The zero-order valence-corrected chi connectivity index (χ0v) is 16.7. The van der Waals surface area contributed by atoms with E-state index in [1.54, 1.807) is 72.9 Å². The minimum atomic E-state index is -0.316. The number of aromatic nitrogens is 2. The van der Waals surface area contributed by atoms with Gasteiger partial charge in [-0.2, -0.15) is 15.0 Å². The van der Waals surface area contributed by atoms with Crippen LogP contribution in [0, 0.1) is 11.3 Å². The number of nitriles is 1. The van der Waals surface area contributed by atoms with Gasteiger partial charge in [-0.25, -0.2) is 4.98 Å². The lowest BCUT2D eigenvalue weighted by Gasteiger charge is -2.07. The quantitative estimate of drug-likeness (QED) is 0.372. The van der Waals surface area contributed by atoms with Crippen LogP contribution in [0.2, 0.25) is 5.02 Å². The van der Waals surface area contributed by atoms with E-state index in [9.17, 15) is 4.79 Å². The van der Waals surface area contributed by atoms with Crippen molar-refractivity contribution in [3.05, 3.63) is 99.3 Å². The fourth-order valence-electron chi connectivity index (χ4n) is 3.28. The molecule has 5 aromatic rings. The summed E-state index contributed by atoms with van der Waals surface area (Å²) in [5.74, 6) is 0.679. The SMILES string of the molecule is N#Cc1ccc(C=Nn2c(-c3cc4cc(Cl)ccc4o3)nc3ccccc3c2=O)cc1. The Morgan fingerprint density at radius 3 is 2.68 bits per heavy atom. The smallest absolute Gasteiger partial charge is 0.282 e. The molecule has 0 unspecified atom stereocenters. The van der Waals surface area contributed by atoms with Gasteiger partial charge in [0.15, 0.2) is 5.76 Å². The van der Waals surface area contributed by atoms with Gasteiger partial charge in [0.1, 0.15) is 5.58 Å². The number of hydrogen-bond acceptors (Lipinski definition) is 5. The van der Waals surface area contributed by atoms with E-state index in [4.69, 9.17) is 21.3 Å². The molecule has 0 bridgehead atoms. The minimum Gasteiger partial charge on any atom is -0.453 e. The van der Waals surface area contributed by atoms with Gasteiger partial charge in [-0.05, 0) is 54.1 Å². The second-order valence-corrected chi connectivity index (χ2v) is 7.28. The molecule has 0 saturated carbocycles. The Labute approximate surface area is 181 Å². The van der Waals surface area contributed by atoms with Crippen molar-refractivity contribution in [2.75, 3.05) is 0 Å². The number of benzene rings is 3. The van der Waals surface area contributed by atoms with E-state index in [-0.39, 0.29) is 11.4 Å². The summed E-state index contributed by atoms with van der Waals surface area (Å²) in [7, 11) is 0. The molecule has 2 aromatic heterocycles. The lowest BCUT2D eigenvalue weighted by molar-refractivity contribution is 0.616. The van der Waals surface area contributed by atoms with Crippen LogP contribution in [-0.2, 0) is 0 Å². The highest BCUT2D eigenvalue weighted by Gasteiger charge is 2.16. The van der Waals surface area contributed by atoms with E-state index < -0.39 is 0 Å². The number of fused-ring (bicyclic) bond motifs is 2. The van der Waals surface area contributed by atoms with E-state index in [2.05, 4.69) is 16.2 Å². The minimum absolute atomic E-state index is 0.279. The molecule has 7 heteroatoms. The van der Waals surface area contributed by atoms with E-state index in [0.29, 0.717) is 32.8 Å². The maximum atomic E-state index is 13.2. The number of rotatable bonds is 3. The van der Waals surface area contributed by atoms with E-state index >= 15 is 0 Å². The Kier molecular flexibility index (Phi) is 4.58. The fourth-order valence-corrected chi connectivity index (χ4v) is 3.46. The Hall–Kier alpha value is -4.21. The van der Waals surface area contributed by atoms with Crippen molar-refractivity contribution < 1.29 is 4.42 Å². The third-order valence-corrected chi connectivity index (χ3v) is 5.05. The zero-order valence-electron chi connectivity index (χ0n) is 16.0. The maximum Gasteiger partial charge on any atom is 0.282 e. The lowest BCUT2D eigenvalue weighted by atomic mass is 10.2. The summed E-state index contributed by atoms with van der Waals surface area (Å²) < 4.78 is 7.17. The molecule has 0 aliphatic rings. The molecule has 0 saturated heterocycles. The van der Waals surface area contributed by atoms with E-state index in [1.807, 2.05) is 6.07 Å². The second kappa shape index (κ2) is 7.56. The first kappa shape index (κ1) is 18.8. The predicted molar refractivity (Wildman–Crippen MR) is 120 cm³/mol. The fraction of sp³-hybridized carbons (Fsp3) is 0. The maximum absolute atomic E-state index is 13.2. The molecule has 0 radical (unpaired) electrons. The van der Waals surface area contributed by atoms with Crippen LogP contribution in [0.4, 0.5) is 0 Å². The van der Waals surface area contributed by atoms with Crippen molar-refractivity contribution in [1.82, 2.24) is 9.66 Å². The van der Waals surface area contributed by atoms with Crippen LogP contribution in [0.25, 0.3) is 33.5 Å². The Morgan fingerprint density at radius 1 is 1.06 bits per heavy atom. The number of hydrogen-bond donors (Lipinski definition) is 0. The van der Waals surface area contributed by atoms with E-state index in [0.717, 1.165) is 10.9 Å². The van der Waals surface area contributed by atoms with Crippen molar-refractivity contribution in [3.8, 4) is 17.7 Å². The summed E-state index contributed by atoms with van der Waals surface area (Å²) in [6, 6.07) is 23.1. The van der Waals surface area contributed by atoms with Gasteiger partial charge in [0.05, 0.1) is 28.8 Å². The lowest BCUT2D eigenvalue weighted by Crippen LogP contribution is -2.20. The highest BCUT2D eigenvalue weighted by Crippen LogP contribution is 2.29. The first-order valence-electron chi connectivity index (χ1n) is 9.38. The van der Waals surface area contributed by atoms with Crippen LogP contribution in [-0.4, -0.2) is 15.9 Å². The van der Waals surface area contributed by atoms with Crippen molar-refractivity contribution in [3.63, 3.8) is 0 Å². The molecule has 5 rings (SSSR count). The van der Waals surface area contributed by atoms with Crippen molar-refractivity contribution in [2.24, 2.45) is 5.10 Å². The van der Waals surface area contributed by atoms with Crippen LogP contribution in [0.1, 0.15) is 11.1 Å². The van der Waals surface area contributed by atoms with Gasteiger partial charge in [-0.15, -0.1) is 0 Å². The topological polar surface area (TPSA) is 84.2 Å². The van der Waals surface area contributed by atoms with Gasteiger partial charge in [-0.1, -0.05) is 35.9 Å². The number of para-hydroxylation sites is 1. The van der Waals surface area contributed by atoms with Gasteiger partial charge in [-0.3, -0.25) is 4.79 Å². The average molecular weight is 425 g/mol. The summed E-state index contributed by atoms with van der Waals surface area (Å²) in [5, 5.41) is 15.2. The van der Waals surface area contributed by atoms with Gasteiger partial charge in [0.25, 0.3) is 5.56 Å². The molecule has 0 aliphatic heterocycles. The van der Waals surface area contributed by atoms with Crippen molar-refractivity contribution >= 4 is 39.7 Å². The molecular formula is C24H13ClN4O2. The van der Waals surface area contributed by atoms with Gasteiger partial charge >= 0.3 is 0 Å². The highest BCUT2D eigenvalue weighted by atomic mass is 35.5. The number of furan rings is 1. The largest absolute Gasteiger partial charge is 0.453 e. The van der Waals surface area contributed by atoms with Gasteiger partial charge in [0, 0.05) is 10.4 Å². The standard InChI is InChI=1S/C24H13ClN4O2/c25-18-9-10-21-17(11-18)12-22(31-21)23-28-20-4-2-1-3-19(20)24(30)29(23)27-14-16-7-5-15(13-26)6-8-16/h1-12,14H. The zero-order chi connectivity index (χ0) is 21.4. The predicted octanol–water partition coefficient (Wildman–Crippen LogP) is 5.22. The van der Waals surface area contributed by atoms with Gasteiger partial charge < -0.3 is 4.42 Å². The Bertz CT molecular complexity index is 1570. The Morgan fingerprint density at radius 2 is 1.87 bits per heavy atom. The second-order valence-electron chi connectivity index (χ2n) is 6.84. The molecular weight excluding hydrogens is 412 g/mol. The molecule has 0 atom stereocenters. The van der Waals surface area contributed by atoms with Crippen LogP contribution in [0.5, 0.6) is 0 Å². The van der Waals surface area contributed by atoms with Crippen LogP contribution in [0.15, 0.2) is 87.1 Å². The summed E-state index contributed by atoms with van der Waals surface area (Å²) in [4.78, 5) is 17.9. The monoisotopic (exact) mass is 424 g/mol. The molecule has 0 N–H and O–H groups in total. The molecule has 2 heterocycles.